The van der Waals surface area contributed by atoms with Crippen LogP contribution in [0.4, 0.5) is 0 Å². The summed E-state index contributed by atoms with van der Waals surface area (Å²) >= 11 is 0. The molecule has 0 spiro atoms. The van der Waals surface area contributed by atoms with E-state index in [4.69, 9.17) is 0 Å². The van der Waals surface area contributed by atoms with Crippen LogP contribution in [0.2, 0.25) is 0 Å². The van der Waals surface area contributed by atoms with Crippen LogP contribution in [0.25, 0.3) is 0 Å². The summed E-state index contributed by atoms with van der Waals surface area (Å²) in [5.41, 5.74) is 1.16. The lowest BCUT2D eigenvalue weighted by Crippen LogP contribution is -2.16. The van der Waals surface area contributed by atoms with E-state index >= 15 is 0 Å². The third kappa shape index (κ3) is 5.21. The molecular formula is C15H29N3. The lowest BCUT2D eigenvalue weighted by molar-refractivity contribution is 0.424. The van der Waals surface area contributed by atoms with Gasteiger partial charge < -0.3 is 5.32 Å². The Balaban J connectivity index is 2.23. The summed E-state index contributed by atoms with van der Waals surface area (Å²) in [5, 5.41) is 8.11. The summed E-state index contributed by atoms with van der Waals surface area (Å²) in [6.07, 6.45) is 9.70. The molecule has 3 nitrogen and oxygen atoms in total. The molecule has 0 aromatic carbocycles. The third-order valence-corrected chi connectivity index (χ3v) is 3.49. The number of hydrogen-bond donors (Lipinski definition) is 1. The molecule has 0 unspecified atom stereocenters. The van der Waals surface area contributed by atoms with Gasteiger partial charge in [-0.1, -0.05) is 40.0 Å². The molecule has 0 amide bonds. The number of nitrogens with zero attached hydrogens (tertiary/aromatic N) is 2. The zero-order valence-electron chi connectivity index (χ0n) is 12.3. The van der Waals surface area contributed by atoms with Gasteiger partial charge in [-0.05, 0) is 31.9 Å². The first-order chi connectivity index (χ1) is 8.81. The van der Waals surface area contributed by atoms with Gasteiger partial charge in [-0.2, -0.15) is 5.10 Å². The largest absolute Gasteiger partial charge is 0.311 e. The number of aromatic nitrogens is 2. The van der Waals surface area contributed by atoms with Gasteiger partial charge in [0.15, 0.2) is 0 Å². The molecule has 104 valence electrons. The Labute approximate surface area is 112 Å². The van der Waals surface area contributed by atoms with Crippen molar-refractivity contribution in [3.8, 4) is 0 Å². The van der Waals surface area contributed by atoms with Crippen molar-refractivity contribution in [2.24, 2.45) is 0 Å². The smallest absolute Gasteiger partial charge is 0.0762 e. The minimum absolute atomic E-state index is 0.559. The summed E-state index contributed by atoms with van der Waals surface area (Å²) in [6.45, 7) is 8.71. The van der Waals surface area contributed by atoms with Crippen LogP contribution < -0.4 is 5.32 Å². The zero-order valence-corrected chi connectivity index (χ0v) is 12.3. The minimum Gasteiger partial charge on any atom is -0.311 e. The van der Waals surface area contributed by atoms with E-state index in [1.54, 1.807) is 0 Å². The van der Waals surface area contributed by atoms with E-state index in [2.05, 4.69) is 48.1 Å². The maximum atomic E-state index is 4.64. The average molecular weight is 251 g/mol. The molecule has 0 aliphatic carbocycles. The molecular weight excluding hydrogens is 222 g/mol. The van der Waals surface area contributed by atoms with E-state index < -0.39 is 0 Å². The van der Waals surface area contributed by atoms with Crippen LogP contribution in [-0.2, 0) is 6.54 Å². The third-order valence-electron chi connectivity index (χ3n) is 3.49. The first-order valence-corrected chi connectivity index (χ1v) is 7.56. The van der Waals surface area contributed by atoms with Gasteiger partial charge in [-0.15, -0.1) is 0 Å². The standard InChI is InChI=1S/C15H29N3/c1-4-7-8-9-11-16-13-14-10-12-18(17-14)15(5-2)6-3/h10,12,15-16H,4-9,11,13H2,1-3H3. The summed E-state index contributed by atoms with van der Waals surface area (Å²) < 4.78 is 2.12. The normalized spacial score (nSPS) is 11.3. The van der Waals surface area contributed by atoms with Gasteiger partial charge in [0.25, 0.3) is 0 Å². The monoisotopic (exact) mass is 251 g/mol. The van der Waals surface area contributed by atoms with Crippen molar-refractivity contribution in [2.75, 3.05) is 6.54 Å². The topological polar surface area (TPSA) is 29.9 Å². The Hall–Kier alpha value is -0.830. The summed E-state index contributed by atoms with van der Waals surface area (Å²) in [5.74, 6) is 0. The fraction of sp³-hybridized carbons (Fsp3) is 0.800. The average Bonchev–Trinajstić information content (AvgIpc) is 2.84. The first-order valence-electron chi connectivity index (χ1n) is 7.56. The highest BCUT2D eigenvalue weighted by molar-refractivity contribution is 4.99. The van der Waals surface area contributed by atoms with Gasteiger partial charge in [-0.25, -0.2) is 0 Å². The van der Waals surface area contributed by atoms with Crippen molar-refractivity contribution in [1.29, 1.82) is 0 Å². The van der Waals surface area contributed by atoms with Crippen LogP contribution >= 0.6 is 0 Å². The van der Waals surface area contributed by atoms with E-state index in [0.29, 0.717) is 6.04 Å². The molecule has 0 aliphatic heterocycles. The fourth-order valence-electron chi connectivity index (χ4n) is 2.23. The van der Waals surface area contributed by atoms with Gasteiger partial charge in [0.2, 0.25) is 0 Å². The molecule has 0 saturated heterocycles. The fourth-order valence-corrected chi connectivity index (χ4v) is 2.23. The molecule has 1 heterocycles. The Bertz CT molecular complexity index is 302. The van der Waals surface area contributed by atoms with E-state index in [-0.39, 0.29) is 0 Å². The van der Waals surface area contributed by atoms with E-state index in [1.165, 1.54) is 25.7 Å². The molecule has 1 N–H and O–H groups in total. The highest BCUT2D eigenvalue weighted by Gasteiger charge is 2.07. The van der Waals surface area contributed by atoms with Gasteiger partial charge in [0.05, 0.1) is 11.7 Å². The van der Waals surface area contributed by atoms with Crippen molar-refractivity contribution in [3.63, 3.8) is 0 Å². The second-order valence-corrected chi connectivity index (χ2v) is 4.99. The van der Waals surface area contributed by atoms with E-state index in [9.17, 15) is 0 Å². The highest BCUT2D eigenvalue weighted by atomic mass is 15.3. The van der Waals surface area contributed by atoms with Crippen molar-refractivity contribution in [1.82, 2.24) is 15.1 Å². The SMILES string of the molecule is CCCCCCNCc1ccn(C(CC)CC)n1. The summed E-state index contributed by atoms with van der Waals surface area (Å²) in [7, 11) is 0. The van der Waals surface area contributed by atoms with Gasteiger partial charge in [0.1, 0.15) is 0 Å². The van der Waals surface area contributed by atoms with Crippen LogP contribution in [-0.4, -0.2) is 16.3 Å². The molecule has 18 heavy (non-hydrogen) atoms. The predicted molar refractivity (Wildman–Crippen MR) is 77.7 cm³/mol. The van der Waals surface area contributed by atoms with Crippen LogP contribution in [0, 0.1) is 0 Å². The minimum atomic E-state index is 0.559. The molecule has 0 saturated carbocycles. The second kappa shape index (κ2) is 9.15. The Kier molecular flexibility index (Phi) is 7.74. The molecule has 0 fully saturated rings. The molecule has 0 radical (unpaired) electrons. The van der Waals surface area contributed by atoms with Crippen molar-refractivity contribution >= 4 is 0 Å². The molecule has 1 rings (SSSR count). The number of nitrogens with one attached hydrogen (secondary N) is 1. The highest BCUT2D eigenvalue weighted by Crippen LogP contribution is 2.14. The number of unbranched alkanes of at least 4 members (excludes halogenated alkanes) is 3. The van der Waals surface area contributed by atoms with Crippen LogP contribution in [0.1, 0.15) is 71.0 Å². The molecule has 1 aromatic rings. The summed E-state index contributed by atoms with van der Waals surface area (Å²) in [4.78, 5) is 0. The van der Waals surface area contributed by atoms with Gasteiger partial charge >= 0.3 is 0 Å². The maximum Gasteiger partial charge on any atom is 0.0762 e. The number of rotatable bonds is 10. The Morgan fingerprint density at radius 2 is 1.94 bits per heavy atom. The molecule has 0 bridgehead atoms. The quantitative estimate of drug-likeness (QED) is 0.639. The number of hydrogen-bond acceptors (Lipinski definition) is 2. The van der Waals surface area contributed by atoms with Crippen LogP contribution in [0.15, 0.2) is 12.3 Å². The first kappa shape index (κ1) is 15.2. The maximum absolute atomic E-state index is 4.64. The molecule has 1 aromatic heterocycles. The van der Waals surface area contributed by atoms with Crippen molar-refractivity contribution in [3.05, 3.63) is 18.0 Å². The van der Waals surface area contributed by atoms with E-state index in [0.717, 1.165) is 31.6 Å². The molecule has 0 aliphatic rings. The predicted octanol–water partition coefficient (Wildman–Crippen LogP) is 3.91. The molecule has 0 atom stereocenters. The van der Waals surface area contributed by atoms with Crippen molar-refractivity contribution in [2.45, 2.75) is 71.9 Å². The van der Waals surface area contributed by atoms with Crippen LogP contribution in [0.5, 0.6) is 0 Å². The van der Waals surface area contributed by atoms with Crippen LogP contribution in [0.3, 0.4) is 0 Å². The molecule has 3 heteroatoms. The summed E-state index contributed by atoms with van der Waals surface area (Å²) in [6, 6.07) is 2.69. The lowest BCUT2D eigenvalue weighted by atomic mass is 10.2. The van der Waals surface area contributed by atoms with Gasteiger partial charge in [-0.3, -0.25) is 4.68 Å². The van der Waals surface area contributed by atoms with E-state index in [1.807, 2.05) is 0 Å². The Morgan fingerprint density at radius 1 is 1.17 bits per heavy atom. The second-order valence-electron chi connectivity index (χ2n) is 4.99. The Morgan fingerprint density at radius 3 is 2.61 bits per heavy atom. The zero-order chi connectivity index (χ0) is 13.2. The lowest BCUT2D eigenvalue weighted by Gasteiger charge is -2.12. The van der Waals surface area contributed by atoms with Gasteiger partial charge in [0, 0.05) is 12.7 Å². The van der Waals surface area contributed by atoms with Crippen molar-refractivity contribution < 1.29 is 0 Å².